The Hall–Kier alpha value is -2.27. The number of hydrogen-bond acceptors (Lipinski definition) is 5. The largest absolute Gasteiger partial charge is 0.357 e. The second-order valence-corrected chi connectivity index (χ2v) is 6.47. The van der Waals surface area contributed by atoms with Crippen LogP contribution in [0.3, 0.4) is 0 Å². The molecule has 0 radical (unpaired) electrons. The van der Waals surface area contributed by atoms with E-state index >= 15 is 0 Å². The van der Waals surface area contributed by atoms with Crippen molar-refractivity contribution in [1.82, 2.24) is 20.6 Å². The highest BCUT2D eigenvalue weighted by molar-refractivity contribution is 9.10. The third-order valence-corrected chi connectivity index (χ3v) is 3.60. The lowest BCUT2D eigenvalue weighted by atomic mass is 9.87. The van der Waals surface area contributed by atoms with E-state index in [1.807, 2.05) is 32.9 Å². The van der Waals surface area contributed by atoms with Crippen molar-refractivity contribution in [3.05, 3.63) is 40.0 Å². The summed E-state index contributed by atoms with van der Waals surface area (Å²) in [6.07, 6.45) is 1.34. The van der Waals surface area contributed by atoms with Crippen molar-refractivity contribution in [2.45, 2.75) is 26.2 Å². The van der Waals surface area contributed by atoms with Crippen LogP contribution in [-0.2, 0) is 5.41 Å². The molecule has 0 spiro atoms. The molecule has 22 heavy (non-hydrogen) atoms. The zero-order valence-electron chi connectivity index (χ0n) is 12.3. The predicted octanol–water partition coefficient (Wildman–Crippen LogP) is 3.38. The van der Waals surface area contributed by atoms with Gasteiger partial charge in [-0.05, 0) is 44.3 Å². The van der Waals surface area contributed by atoms with Crippen LogP contribution in [0.5, 0.6) is 0 Å². The number of halogens is 2. The normalized spacial score (nSPS) is 12.1. The van der Waals surface area contributed by atoms with Gasteiger partial charge in [0.15, 0.2) is 0 Å². The standard InChI is InChI=1S/C14H14BrFN6/c1-14(2,3)9-4-10(15)12(11(16)5-9)18-7-8(6-17)13-19-21-22-20-13/h4-5,7,18H,1-3H3,(H,19,20,21,22). The first kappa shape index (κ1) is 16.1. The van der Waals surface area contributed by atoms with Crippen LogP contribution in [0, 0.1) is 17.1 Å². The van der Waals surface area contributed by atoms with Crippen LogP contribution in [0.15, 0.2) is 22.8 Å². The van der Waals surface area contributed by atoms with Gasteiger partial charge in [0, 0.05) is 10.7 Å². The van der Waals surface area contributed by atoms with Gasteiger partial charge in [0.2, 0.25) is 5.82 Å². The van der Waals surface area contributed by atoms with Crippen LogP contribution in [-0.4, -0.2) is 20.6 Å². The van der Waals surface area contributed by atoms with Gasteiger partial charge < -0.3 is 5.32 Å². The van der Waals surface area contributed by atoms with E-state index in [1.54, 1.807) is 0 Å². The fourth-order valence-electron chi connectivity index (χ4n) is 1.71. The minimum absolute atomic E-state index is 0.137. The lowest BCUT2D eigenvalue weighted by molar-refractivity contribution is 0.573. The molecule has 1 aromatic carbocycles. The molecule has 0 saturated carbocycles. The molecular formula is C14H14BrFN6. The number of nitrogens with zero attached hydrogens (tertiary/aromatic N) is 4. The van der Waals surface area contributed by atoms with Crippen molar-refractivity contribution in [2.75, 3.05) is 5.32 Å². The molecule has 2 rings (SSSR count). The van der Waals surface area contributed by atoms with E-state index in [1.165, 1.54) is 12.3 Å². The van der Waals surface area contributed by atoms with Crippen molar-refractivity contribution in [1.29, 1.82) is 5.26 Å². The summed E-state index contributed by atoms with van der Waals surface area (Å²) in [5, 5.41) is 24.9. The summed E-state index contributed by atoms with van der Waals surface area (Å²) in [6, 6.07) is 5.25. The highest BCUT2D eigenvalue weighted by atomic mass is 79.9. The van der Waals surface area contributed by atoms with Crippen LogP contribution in [0.2, 0.25) is 0 Å². The van der Waals surface area contributed by atoms with Gasteiger partial charge in [0.25, 0.3) is 0 Å². The smallest absolute Gasteiger partial charge is 0.216 e. The number of rotatable bonds is 3. The summed E-state index contributed by atoms with van der Waals surface area (Å²) >= 11 is 3.35. The number of H-pyrrole nitrogens is 1. The zero-order valence-corrected chi connectivity index (χ0v) is 13.9. The highest BCUT2D eigenvalue weighted by Gasteiger charge is 2.18. The van der Waals surface area contributed by atoms with Crippen LogP contribution in [0.25, 0.3) is 5.57 Å². The number of anilines is 1. The van der Waals surface area contributed by atoms with Gasteiger partial charge in [-0.25, -0.2) is 4.39 Å². The molecule has 1 aromatic heterocycles. The van der Waals surface area contributed by atoms with Crippen LogP contribution >= 0.6 is 15.9 Å². The van der Waals surface area contributed by atoms with Crippen LogP contribution in [0.4, 0.5) is 10.1 Å². The Labute approximate surface area is 135 Å². The molecule has 0 aliphatic heterocycles. The van der Waals surface area contributed by atoms with Gasteiger partial charge >= 0.3 is 0 Å². The molecule has 0 aliphatic rings. The molecule has 6 nitrogen and oxygen atoms in total. The van der Waals surface area contributed by atoms with Crippen molar-refractivity contribution in [3.8, 4) is 6.07 Å². The minimum Gasteiger partial charge on any atom is -0.357 e. The van der Waals surface area contributed by atoms with Gasteiger partial charge in [-0.2, -0.15) is 10.5 Å². The molecule has 0 fully saturated rings. The second kappa shape index (κ2) is 6.23. The fourth-order valence-corrected chi connectivity index (χ4v) is 2.26. The number of benzene rings is 1. The van der Waals surface area contributed by atoms with Gasteiger partial charge in [0.05, 0.1) is 5.69 Å². The molecular weight excluding hydrogens is 351 g/mol. The first-order valence-corrected chi connectivity index (χ1v) is 7.22. The van der Waals surface area contributed by atoms with Crippen LogP contribution in [0.1, 0.15) is 32.2 Å². The lowest BCUT2D eigenvalue weighted by Gasteiger charge is -2.20. The predicted molar refractivity (Wildman–Crippen MR) is 84.2 cm³/mol. The van der Waals surface area contributed by atoms with Gasteiger partial charge in [-0.1, -0.05) is 20.8 Å². The number of aromatic nitrogens is 4. The first-order valence-electron chi connectivity index (χ1n) is 6.43. The van der Waals surface area contributed by atoms with E-state index in [0.29, 0.717) is 4.47 Å². The zero-order chi connectivity index (χ0) is 16.3. The molecule has 2 N–H and O–H groups in total. The molecule has 0 saturated heterocycles. The number of hydrogen-bond donors (Lipinski definition) is 2. The summed E-state index contributed by atoms with van der Waals surface area (Å²) < 4.78 is 14.9. The summed E-state index contributed by atoms with van der Waals surface area (Å²) in [5.74, 6) is -0.279. The van der Waals surface area contributed by atoms with Gasteiger partial charge in [-0.15, -0.1) is 10.2 Å². The maximum atomic E-state index is 14.3. The third kappa shape index (κ3) is 3.49. The third-order valence-electron chi connectivity index (χ3n) is 2.98. The number of aromatic amines is 1. The second-order valence-electron chi connectivity index (χ2n) is 5.61. The van der Waals surface area contributed by atoms with Gasteiger partial charge in [0.1, 0.15) is 17.5 Å². The summed E-state index contributed by atoms with van der Waals surface area (Å²) in [4.78, 5) is 0. The molecule has 0 aliphatic carbocycles. The van der Waals surface area contributed by atoms with E-state index < -0.39 is 5.82 Å². The van der Waals surface area contributed by atoms with Gasteiger partial charge in [-0.3, -0.25) is 0 Å². The summed E-state index contributed by atoms with van der Waals surface area (Å²) in [5.41, 5.74) is 1.08. The summed E-state index contributed by atoms with van der Waals surface area (Å²) in [7, 11) is 0. The Morgan fingerprint density at radius 2 is 2.18 bits per heavy atom. The quantitative estimate of drug-likeness (QED) is 0.814. The topological polar surface area (TPSA) is 90.3 Å². The molecule has 1 heterocycles. The van der Waals surface area contributed by atoms with Crippen molar-refractivity contribution in [2.24, 2.45) is 0 Å². The van der Waals surface area contributed by atoms with E-state index in [9.17, 15) is 4.39 Å². The number of nitriles is 1. The number of allylic oxidation sites excluding steroid dienone is 1. The van der Waals surface area contributed by atoms with E-state index in [0.717, 1.165) is 5.56 Å². The van der Waals surface area contributed by atoms with E-state index in [4.69, 9.17) is 5.26 Å². The molecule has 0 atom stereocenters. The molecule has 114 valence electrons. The van der Waals surface area contributed by atoms with E-state index in [-0.39, 0.29) is 22.5 Å². The Bertz CT molecular complexity index is 717. The minimum atomic E-state index is -0.416. The SMILES string of the molecule is CC(C)(C)c1cc(F)c(NC=C(C#N)c2nn[nH]n2)c(Br)c1. The molecule has 2 aromatic rings. The molecule has 0 bridgehead atoms. The van der Waals surface area contributed by atoms with E-state index in [2.05, 4.69) is 41.9 Å². The molecule has 8 heteroatoms. The molecule has 0 unspecified atom stereocenters. The Balaban J connectivity index is 2.33. The lowest BCUT2D eigenvalue weighted by Crippen LogP contribution is -2.12. The van der Waals surface area contributed by atoms with Crippen molar-refractivity contribution in [3.63, 3.8) is 0 Å². The highest BCUT2D eigenvalue weighted by Crippen LogP contribution is 2.32. The monoisotopic (exact) mass is 364 g/mol. The van der Waals surface area contributed by atoms with Crippen LogP contribution < -0.4 is 5.32 Å². The fraction of sp³-hybridized carbons (Fsp3) is 0.286. The Morgan fingerprint density at radius 1 is 1.45 bits per heavy atom. The molecule has 0 amide bonds. The van der Waals surface area contributed by atoms with Crippen molar-refractivity contribution >= 4 is 27.2 Å². The average Bonchev–Trinajstić information content (AvgIpc) is 2.94. The number of nitrogens with one attached hydrogen (secondary N) is 2. The maximum absolute atomic E-state index is 14.3. The first-order chi connectivity index (χ1) is 10.3. The Morgan fingerprint density at radius 3 is 2.68 bits per heavy atom. The Kier molecular flexibility index (Phi) is 4.56. The number of tetrazole rings is 1. The maximum Gasteiger partial charge on any atom is 0.216 e. The average molecular weight is 365 g/mol. The summed E-state index contributed by atoms with van der Waals surface area (Å²) in [6.45, 7) is 6.02. The van der Waals surface area contributed by atoms with Crippen molar-refractivity contribution < 1.29 is 4.39 Å².